The second-order valence-corrected chi connectivity index (χ2v) is 6.58. The lowest BCUT2D eigenvalue weighted by Crippen LogP contribution is -2.27. The summed E-state index contributed by atoms with van der Waals surface area (Å²) in [4.78, 5) is 23.5. The van der Waals surface area contributed by atoms with Gasteiger partial charge in [0.1, 0.15) is 17.0 Å². The van der Waals surface area contributed by atoms with Crippen LogP contribution in [0.2, 0.25) is 0 Å². The Bertz CT molecular complexity index is 861. The van der Waals surface area contributed by atoms with Crippen molar-refractivity contribution in [2.75, 3.05) is 18.0 Å². The SMILES string of the molecule is NC(=O)[C@H]1CCN(c2ncnc3scc(-c4ccccc4)c23)C1. The number of hydrogen-bond acceptors (Lipinski definition) is 5. The molecule has 1 atom stereocenters. The number of carbonyl (C=O) groups excluding carboxylic acids is 1. The van der Waals surface area contributed by atoms with Gasteiger partial charge in [0.05, 0.1) is 11.3 Å². The summed E-state index contributed by atoms with van der Waals surface area (Å²) in [5.74, 6) is 0.573. The molecular weight excluding hydrogens is 308 g/mol. The maximum absolute atomic E-state index is 11.4. The third-order valence-corrected chi connectivity index (χ3v) is 5.21. The Morgan fingerprint density at radius 3 is 2.83 bits per heavy atom. The van der Waals surface area contributed by atoms with E-state index in [2.05, 4.69) is 32.4 Å². The van der Waals surface area contributed by atoms with Crippen LogP contribution in [0.5, 0.6) is 0 Å². The molecule has 1 aromatic carbocycles. The van der Waals surface area contributed by atoms with Crippen LogP contribution in [0.15, 0.2) is 42.0 Å². The lowest BCUT2D eigenvalue weighted by molar-refractivity contribution is -0.121. The van der Waals surface area contributed by atoms with Crippen molar-refractivity contribution < 1.29 is 4.79 Å². The van der Waals surface area contributed by atoms with E-state index in [1.165, 1.54) is 0 Å². The molecule has 2 N–H and O–H groups in total. The molecule has 4 rings (SSSR count). The van der Waals surface area contributed by atoms with Crippen LogP contribution in [0, 0.1) is 5.92 Å². The molecular formula is C17H16N4OS. The zero-order valence-electron chi connectivity index (χ0n) is 12.5. The minimum Gasteiger partial charge on any atom is -0.369 e. The van der Waals surface area contributed by atoms with Gasteiger partial charge in [-0.3, -0.25) is 4.79 Å². The molecule has 116 valence electrons. The number of thiophene rings is 1. The quantitative estimate of drug-likeness (QED) is 0.804. The van der Waals surface area contributed by atoms with Gasteiger partial charge in [-0.15, -0.1) is 11.3 Å². The van der Waals surface area contributed by atoms with E-state index in [1.807, 2.05) is 18.2 Å². The van der Waals surface area contributed by atoms with Crippen molar-refractivity contribution in [3.05, 3.63) is 42.0 Å². The molecule has 1 saturated heterocycles. The molecule has 0 unspecified atom stereocenters. The van der Waals surface area contributed by atoms with Crippen molar-refractivity contribution in [3.63, 3.8) is 0 Å². The van der Waals surface area contributed by atoms with Crippen molar-refractivity contribution in [1.82, 2.24) is 9.97 Å². The number of benzene rings is 1. The van der Waals surface area contributed by atoms with Crippen molar-refractivity contribution >= 4 is 33.3 Å². The molecule has 0 aliphatic carbocycles. The van der Waals surface area contributed by atoms with Gasteiger partial charge in [0, 0.05) is 24.0 Å². The number of rotatable bonds is 3. The number of primary amides is 1. The first kappa shape index (κ1) is 14.1. The number of anilines is 1. The van der Waals surface area contributed by atoms with Crippen LogP contribution in [0.25, 0.3) is 21.3 Å². The minimum atomic E-state index is -0.230. The van der Waals surface area contributed by atoms with Crippen LogP contribution in [0.4, 0.5) is 5.82 Å². The van der Waals surface area contributed by atoms with Crippen LogP contribution in [-0.4, -0.2) is 29.0 Å². The molecule has 3 aromatic rings. The Morgan fingerprint density at radius 1 is 1.26 bits per heavy atom. The molecule has 1 aliphatic rings. The van der Waals surface area contributed by atoms with E-state index >= 15 is 0 Å². The first-order chi connectivity index (χ1) is 11.2. The maximum atomic E-state index is 11.4. The summed E-state index contributed by atoms with van der Waals surface area (Å²) in [6, 6.07) is 10.2. The molecule has 1 amide bonds. The average Bonchev–Trinajstić information content (AvgIpc) is 3.23. The normalized spacial score (nSPS) is 17.7. The molecule has 23 heavy (non-hydrogen) atoms. The molecule has 0 saturated carbocycles. The topological polar surface area (TPSA) is 72.1 Å². The highest BCUT2D eigenvalue weighted by Gasteiger charge is 2.29. The van der Waals surface area contributed by atoms with Crippen LogP contribution < -0.4 is 10.6 Å². The number of fused-ring (bicyclic) bond motifs is 1. The minimum absolute atomic E-state index is 0.0983. The molecule has 0 spiro atoms. The van der Waals surface area contributed by atoms with Crippen LogP contribution >= 0.6 is 11.3 Å². The Labute approximate surface area is 137 Å². The summed E-state index contributed by atoms with van der Waals surface area (Å²) < 4.78 is 0. The van der Waals surface area contributed by atoms with Gasteiger partial charge in [-0.1, -0.05) is 30.3 Å². The Hall–Kier alpha value is -2.47. The van der Waals surface area contributed by atoms with Gasteiger partial charge in [-0.2, -0.15) is 0 Å². The smallest absolute Gasteiger partial charge is 0.222 e. The molecule has 2 aromatic heterocycles. The lowest BCUT2D eigenvalue weighted by Gasteiger charge is -2.18. The number of nitrogens with zero attached hydrogens (tertiary/aromatic N) is 3. The van der Waals surface area contributed by atoms with Crippen LogP contribution in [0.1, 0.15) is 6.42 Å². The number of aromatic nitrogens is 2. The Balaban J connectivity index is 1.82. The predicted molar refractivity (Wildman–Crippen MR) is 92.4 cm³/mol. The number of amides is 1. The average molecular weight is 324 g/mol. The Morgan fingerprint density at radius 2 is 2.09 bits per heavy atom. The standard InChI is InChI=1S/C17H16N4OS/c18-15(22)12-6-7-21(8-12)16-14-13(11-4-2-1-3-5-11)9-23-17(14)20-10-19-16/h1-5,9-10,12H,6-8H2,(H2,18,22)/t12-/m0/s1. The third-order valence-electron chi connectivity index (χ3n) is 4.33. The van der Waals surface area contributed by atoms with Gasteiger partial charge < -0.3 is 10.6 Å². The molecule has 0 bridgehead atoms. The first-order valence-corrected chi connectivity index (χ1v) is 8.44. The lowest BCUT2D eigenvalue weighted by atomic mass is 10.1. The van der Waals surface area contributed by atoms with E-state index in [0.717, 1.165) is 40.1 Å². The first-order valence-electron chi connectivity index (χ1n) is 7.56. The second kappa shape index (κ2) is 5.62. The Kier molecular flexibility index (Phi) is 3.46. The summed E-state index contributed by atoms with van der Waals surface area (Å²) in [7, 11) is 0. The molecule has 5 nitrogen and oxygen atoms in total. The molecule has 1 aliphatic heterocycles. The largest absolute Gasteiger partial charge is 0.369 e. The second-order valence-electron chi connectivity index (χ2n) is 5.73. The van der Waals surface area contributed by atoms with Gasteiger partial charge in [0.25, 0.3) is 0 Å². The molecule has 3 heterocycles. The van der Waals surface area contributed by atoms with Crippen LogP contribution in [0.3, 0.4) is 0 Å². The summed E-state index contributed by atoms with van der Waals surface area (Å²) in [6.07, 6.45) is 2.38. The maximum Gasteiger partial charge on any atom is 0.222 e. The van der Waals surface area contributed by atoms with Crippen molar-refractivity contribution in [2.45, 2.75) is 6.42 Å². The summed E-state index contributed by atoms with van der Waals surface area (Å²) in [6.45, 7) is 1.43. The highest BCUT2D eigenvalue weighted by molar-refractivity contribution is 7.17. The third kappa shape index (κ3) is 2.45. The molecule has 0 radical (unpaired) electrons. The van der Waals surface area contributed by atoms with E-state index in [1.54, 1.807) is 17.7 Å². The van der Waals surface area contributed by atoms with Crippen molar-refractivity contribution in [3.8, 4) is 11.1 Å². The van der Waals surface area contributed by atoms with E-state index < -0.39 is 0 Å². The van der Waals surface area contributed by atoms with Gasteiger partial charge in [-0.25, -0.2) is 9.97 Å². The van der Waals surface area contributed by atoms with Gasteiger partial charge in [-0.05, 0) is 12.0 Å². The number of nitrogens with two attached hydrogens (primary N) is 1. The van der Waals surface area contributed by atoms with E-state index in [4.69, 9.17) is 5.73 Å². The van der Waals surface area contributed by atoms with E-state index in [0.29, 0.717) is 6.54 Å². The van der Waals surface area contributed by atoms with Crippen LogP contribution in [-0.2, 0) is 4.79 Å². The van der Waals surface area contributed by atoms with Crippen molar-refractivity contribution in [1.29, 1.82) is 0 Å². The predicted octanol–water partition coefficient (Wildman–Crippen LogP) is 2.67. The number of carbonyl (C=O) groups is 1. The summed E-state index contributed by atoms with van der Waals surface area (Å²) >= 11 is 1.62. The molecule has 6 heteroatoms. The zero-order chi connectivity index (χ0) is 15.8. The highest BCUT2D eigenvalue weighted by Crippen LogP contribution is 2.38. The number of hydrogen-bond donors (Lipinski definition) is 1. The summed E-state index contributed by atoms with van der Waals surface area (Å²) in [5, 5.41) is 3.19. The summed E-state index contributed by atoms with van der Waals surface area (Å²) in [5.41, 5.74) is 7.75. The highest BCUT2D eigenvalue weighted by atomic mass is 32.1. The fourth-order valence-electron chi connectivity index (χ4n) is 3.11. The van der Waals surface area contributed by atoms with Gasteiger partial charge in [0.2, 0.25) is 5.91 Å². The van der Waals surface area contributed by atoms with Crippen molar-refractivity contribution in [2.24, 2.45) is 11.7 Å². The van der Waals surface area contributed by atoms with Gasteiger partial charge >= 0.3 is 0 Å². The monoisotopic (exact) mass is 324 g/mol. The van der Waals surface area contributed by atoms with E-state index in [-0.39, 0.29) is 11.8 Å². The zero-order valence-corrected chi connectivity index (χ0v) is 13.3. The molecule has 1 fully saturated rings. The fraction of sp³-hybridized carbons (Fsp3) is 0.235. The van der Waals surface area contributed by atoms with E-state index in [9.17, 15) is 4.79 Å². The fourth-order valence-corrected chi connectivity index (χ4v) is 4.02. The van der Waals surface area contributed by atoms with Gasteiger partial charge in [0.15, 0.2) is 0 Å².